The number of pyridine rings is 1. The molecule has 1 aromatic carbocycles. The highest BCUT2D eigenvalue weighted by molar-refractivity contribution is 5.60. The van der Waals surface area contributed by atoms with Crippen molar-refractivity contribution < 1.29 is 4.92 Å². The summed E-state index contributed by atoms with van der Waals surface area (Å²) >= 11 is 0. The molecular weight excluding hydrogens is 304 g/mol. The monoisotopic (exact) mass is 322 g/mol. The first-order valence-corrected chi connectivity index (χ1v) is 8.00. The summed E-state index contributed by atoms with van der Waals surface area (Å²) in [6.45, 7) is 1.79. The Labute approximate surface area is 140 Å². The van der Waals surface area contributed by atoms with Crippen molar-refractivity contribution in [2.45, 2.75) is 19.3 Å². The van der Waals surface area contributed by atoms with Crippen LogP contribution >= 0.6 is 0 Å². The number of piperidine rings is 1. The normalized spacial score (nSPS) is 15.0. The number of benzene rings is 1. The minimum atomic E-state index is -0.511. The minimum absolute atomic E-state index is 0.120. The van der Waals surface area contributed by atoms with Gasteiger partial charge in [-0.05, 0) is 48.9 Å². The van der Waals surface area contributed by atoms with Crippen molar-refractivity contribution in [3.63, 3.8) is 0 Å². The summed E-state index contributed by atoms with van der Waals surface area (Å²) < 4.78 is 0. The summed E-state index contributed by atoms with van der Waals surface area (Å²) in [5.74, 6) is 0.624. The molecule has 0 bridgehead atoms. The Morgan fingerprint density at radius 1 is 1.33 bits per heavy atom. The van der Waals surface area contributed by atoms with Gasteiger partial charge in [0.2, 0.25) is 0 Å². The number of nitro groups is 1. The van der Waals surface area contributed by atoms with Crippen LogP contribution in [-0.2, 0) is 6.42 Å². The molecule has 0 saturated carbocycles. The lowest BCUT2D eigenvalue weighted by Crippen LogP contribution is -2.34. The first-order valence-electron chi connectivity index (χ1n) is 8.00. The van der Waals surface area contributed by atoms with Crippen molar-refractivity contribution in [2.24, 2.45) is 5.92 Å². The molecule has 6 heteroatoms. The van der Waals surface area contributed by atoms with E-state index in [9.17, 15) is 10.1 Å². The molecule has 0 aliphatic carbocycles. The van der Waals surface area contributed by atoms with Crippen LogP contribution in [0.3, 0.4) is 0 Å². The fourth-order valence-corrected chi connectivity index (χ4v) is 3.22. The third kappa shape index (κ3) is 3.51. The van der Waals surface area contributed by atoms with Gasteiger partial charge in [0, 0.05) is 37.2 Å². The number of aromatic nitrogens is 1. The Morgan fingerprint density at radius 3 is 2.75 bits per heavy atom. The van der Waals surface area contributed by atoms with Crippen molar-refractivity contribution in [1.82, 2.24) is 4.98 Å². The van der Waals surface area contributed by atoms with Crippen LogP contribution < -0.4 is 4.90 Å². The molecule has 1 aromatic heterocycles. The number of hydrogen-bond donors (Lipinski definition) is 0. The number of nitro benzene ring substituents is 1. The van der Waals surface area contributed by atoms with Gasteiger partial charge >= 0.3 is 0 Å². The summed E-state index contributed by atoms with van der Waals surface area (Å²) in [6.07, 6.45) is 6.86. The van der Waals surface area contributed by atoms with Crippen LogP contribution in [-0.4, -0.2) is 23.0 Å². The third-order valence-electron chi connectivity index (χ3n) is 4.52. The lowest BCUT2D eigenvalue weighted by Gasteiger charge is -2.33. The SMILES string of the molecule is N#Cc1cc(N2CCC(Cc3cccnc3)CC2)ccc1[N+](=O)[O-]. The lowest BCUT2D eigenvalue weighted by atomic mass is 9.90. The summed E-state index contributed by atoms with van der Waals surface area (Å²) in [6, 6.07) is 10.8. The van der Waals surface area contributed by atoms with E-state index >= 15 is 0 Å². The molecule has 0 spiro atoms. The van der Waals surface area contributed by atoms with Crippen LogP contribution in [0.4, 0.5) is 11.4 Å². The van der Waals surface area contributed by atoms with Gasteiger partial charge in [-0.1, -0.05) is 6.07 Å². The van der Waals surface area contributed by atoms with Gasteiger partial charge in [0.1, 0.15) is 11.6 Å². The molecule has 1 aliphatic heterocycles. The zero-order valence-corrected chi connectivity index (χ0v) is 13.3. The summed E-state index contributed by atoms with van der Waals surface area (Å²) in [4.78, 5) is 16.8. The number of anilines is 1. The summed E-state index contributed by atoms with van der Waals surface area (Å²) in [5.41, 5.74) is 2.14. The zero-order valence-electron chi connectivity index (χ0n) is 13.3. The van der Waals surface area contributed by atoms with E-state index < -0.39 is 4.92 Å². The van der Waals surface area contributed by atoms with E-state index in [0.29, 0.717) is 5.92 Å². The molecule has 0 radical (unpaired) electrons. The fourth-order valence-electron chi connectivity index (χ4n) is 3.22. The van der Waals surface area contributed by atoms with Gasteiger partial charge in [-0.2, -0.15) is 5.26 Å². The Bertz CT molecular complexity index is 762. The average molecular weight is 322 g/mol. The van der Waals surface area contributed by atoms with Crippen LogP contribution in [0.2, 0.25) is 0 Å². The molecule has 2 aromatic rings. The molecule has 1 fully saturated rings. The molecule has 0 N–H and O–H groups in total. The van der Waals surface area contributed by atoms with Crippen LogP contribution in [0.15, 0.2) is 42.7 Å². The predicted molar refractivity (Wildman–Crippen MR) is 90.7 cm³/mol. The first kappa shape index (κ1) is 15.9. The van der Waals surface area contributed by atoms with E-state index in [1.807, 2.05) is 18.3 Å². The standard InChI is InChI=1S/C18H18N4O2/c19-12-16-11-17(3-4-18(16)22(23)24)21-8-5-14(6-9-21)10-15-2-1-7-20-13-15/h1-4,7,11,13-14H,5-6,8-10H2. The second-order valence-corrected chi connectivity index (χ2v) is 6.07. The van der Waals surface area contributed by atoms with Crippen LogP contribution in [0.25, 0.3) is 0 Å². The van der Waals surface area contributed by atoms with Crippen LogP contribution in [0, 0.1) is 27.4 Å². The molecule has 1 aliphatic rings. The maximum absolute atomic E-state index is 10.9. The van der Waals surface area contributed by atoms with Gasteiger partial charge in [0.05, 0.1) is 4.92 Å². The van der Waals surface area contributed by atoms with Gasteiger partial charge in [-0.25, -0.2) is 0 Å². The lowest BCUT2D eigenvalue weighted by molar-refractivity contribution is -0.385. The maximum Gasteiger partial charge on any atom is 0.287 e. The molecule has 0 amide bonds. The molecule has 0 unspecified atom stereocenters. The zero-order chi connectivity index (χ0) is 16.9. The van der Waals surface area contributed by atoms with E-state index in [4.69, 9.17) is 5.26 Å². The second-order valence-electron chi connectivity index (χ2n) is 6.07. The third-order valence-corrected chi connectivity index (χ3v) is 4.52. The van der Waals surface area contributed by atoms with Gasteiger partial charge in [0.15, 0.2) is 0 Å². The van der Waals surface area contributed by atoms with Gasteiger partial charge in [0.25, 0.3) is 5.69 Å². The van der Waals surface area contributed by atoms with Gasteiger partial charge in [-0.3, -0.25) is 15.1 Å². The predicted octanol–water partition coefficient (Wildman–Crippen LogP) is 3.32. The van der Waals surface area contributed by atoms with E-state index in [0.717, 1.165) is 38.0 Å². The molecule has 2 heterocycles. The number of nitrogens with zero attached hydrogens (tertiary/aromatic N) is 4. The second kappa shape index (κ2) is 7.09. The van der Waals surface area contributed by atoms with E-state index in [-0.39, 0.29) is 11.3 Å². The van der Waals surface area contributed by atoms with E-state index in [1.165, 1.54) is 11.6 Å². The Kier molecular flexibility index (Phi) is 4.71. The fraction of sp³-hybridized carbons (Fsp3) is 0.333. The molecule has 122 valence electrons. The highest BCUT2D eigenvalue weighted by Gasteiger charge is 2.22. The van der Waals surface area contributed by atoms with Crippen LogP contribution in [0.5, 0.6) is 0 Å². The molecule has 1 saturated heterocycles. The van der Waals surface area contributed by atoms with Crippen molar-refractivity contribution in [2.75, 3.05) is 18.0 Å². The number of rotatable bonds is 4. The smallest absolute Gasteiger partial charge is 0.287 e. The Hall–Kier alpha value is -2.94. The summed E-state index contributed by atoms with van der Waals surface area (Å²) in [5, 5.41) is 20.0. The average Bonchev–Trinajstić information content (AvgIpc) is 2.62. The van der Waals surface area contributed by atoms with Crippen molar-refractivity contribution in [3.05, 3.63) is 64.0 Å². The Morgan fingerprint density at radius 2 is 2.12 bits per heavy atom. The highest BCUT2D eigenvalue weighted by atomic mass is 16.6. The molecule has 24 heavy (non-hydrogen) atoms. The summed E-state index contributed by atoms with van der Waals surface area (Å²) in [7, 11) is 0. The highest BCUT2D eigenvalue weighted by Crippen LogP contribution is 2.29. The van der Waals surface area contributed by atoms with Gasteiger partial charge in [-0.15, -0.1) is 0 Å². The molecule has 0 atom stereocenters. The van der Waals surface area contributed by atoms with E-state index in [1.54, 1.807) is 18.3 Å². The molecule has 6 nitrogen and oxygen atoms in total. The molecular formula is C18H18N4O2. The Balaban J connectivity index is 1.64. The van der Waals surface area contributed by atoms with Gasteiger partial charge < -0.3 is 4.90 Å². The minimum Gasteiger partial charge on any atom is -0.371 e. The topological polar surface area (TPSA) is 83.1 Å². The largest absolute Gasteiger partial charge is 0.371 e. The maximum atomic E-state index is 10.9. The van der Waals surface area contributed by atoms with Crippen molar-refractivity contribution in [3.8, 4) is 6.07 Å². The number of hydrogen-bond acceptors (Lipinski definition) is 5. The van der Waals surface area contributed by atoms with Crippen molar-refractivity contribution in [1.29, 1.82) is 5.26 Å². The van der Waals surface area contributed by atoms with E-state index in [2.05, 4.69) is 16.0 Å². The molecule has 3 rings (SSSR count). The van der Waals surface area contributed by atoms with Crippen LogP contribution in [0.1, 0.15) is 24.0 Å². The van der Waals surface area contributed by atoms with Crippen molar-refractivity contribution >= 4 is 11.4 Å². The first-order chi connectivity index (χ1) is 11.7. The number of nitriles is 1. The quantitative estimate of drug-likeness (QED) is 0.637.